The van der Waals surface area contributed by atoms with Gasteiger partial charge in [0.15, 0.2) is 0 Å². The summed E-state index contributed by atoms with van der Waals surface area (Å²) in [5.74, 6) is 5.24. The Morgan fingerprint density at radius 3 is 2.54 bits per heavy atom. The molecule has 0 N–H and O–H groups in total. The molecule has 0 amide bonds. The summed E-state index contributed by atoms with van der Waals surface area (Å²) in [4.78, 5) is 10.6. The van der Waals surface area contributed by atoms with E-state index in [4.69, 9.17) is 11.6 Å². The summed E-state index contributed by atoms with van der Waals surface area (Å²) in [5.41, 5.74) is 0.896. The molecule has 1 aromatic carbocycles. The monoisotopic (exact) mass is 192 g/mol. The van der Waals surface area contributed by atoms with Crippen LogP contribution in [0.25, 0.3) is 0 Å². The van der Waals surface area contributed by atoms with Crippen molar-refractivity contribution < 1.29 is 4.79 Å². The molecule has 1 atom stereocenters. The van der Waals surface area contributed by atoms with E-state index in [0.29, 0.717) is 0 Å². The van der Waals surface area contributed by atoms with Gasteiger partial charge < -0.3 is 0 Å². The fourth-order valence-corrected chi connectivity index (χ4v) is 0.824. The van der Waals surface area contributed by atoms with Crippen LogP contribution >= 0.6 is 11.6 Å². The molecule has 0 aliphatic rings. The van der Waals surface area contributed by atoms with Crippen molar-refractivity contribution in [1.29, 1.82) is 0 Å². The number of rotatable bonds is 1. The zero-order chi connectivity index (χ0) is 9.68. The number of benzene rings is 1. The minimum absolute atomic E-state index is 0.401. The summed E-state index contributed by atoms with van der Waals surface area (Å²) < 4.78 is 0. The molecule has 0 bridgehead atoms. The Kier molecular flexibility index (Phi) is 3.54. The topological polar surface area (TPSA) is 17.1 Å². The molecule has 0 radical (unpaired) electrons. The molecule has 0 aromatic heterocycles. The minimum Gasteiger partial charge on any atom is -0.280 e. The maximum absolute atomic E-state index is 10.6. The molecule has 0 fully saturated rings. The van der Waals surface area contributed by atoms with Crippen molar-refractivity contribution in [2.24, 2.45) is 5.92 Å². The fraction of sp³-hybridized carbons (Fsp3) is 0.182. The van der Waals surface area contributed by atoms with E-state index < -0.39 is 11.2 Å². The second-order valence-electron chi connectivity index (χ2n) is 2.66. The number of halogens is 1. The second-order valence-corrected chi connectivity index (χ2v) is 3.03. The van der Waals surface area contributed by atoms with Crippen LogP contribution in [-0.2, 0) is 4.79 Å². The molecule has 0 spiro atoms. The molecule has 13 heavy (non-hydrogen) atoms. The van der Waals surface area contributed by atoms with Crippen LogP contribution in [0.15, 0.2) is 30.3 Å². The van der Waals surface area contributed by atoms with Crippen molar-refractivity contribution >= 4 is 16.8 Å². The third kappa shape index (κ3) is 3.31. The van der Waals surface area contributed by atoms with E-state index in [1.807, 2.05) is 30.3 Å². The third-order valence-electron chi connectivity index (χ3n) is 1.55. The summed E-state index contributed by atoms with van der Waals surface area (Å²) in [6.07, 6.45) is 0. The van der Waals surface area contributed by atoms with Gasteiger partial charge in [-0.1, -0.05) is 30.0 Å². The van der Waals surface area contributed by atoms with Gasteiger partial charge in [0.05, 0.1) is 5.92 Å². The lowest BCUT2D eigenvalue weighted by Crippen LogP contribution is -1.99. The molecule has 0 aliphatic heterocycles. The van der Waals surface area contributed by atoms with E-state index in [1.165, 1.54) is 0 Å². The van der Waals surface area contributed by atoms with E-state index in [0.717, 1.165) is 5.56 Å². The number of carbonyl (C=O) groups is 1. The van der Waals surface area contributed by atoms with Crippen LogP contribution < -0.4 is 0 Å². The average Bonchev–Trinajstić information content (AvgIpc) is 2.15. The summed E-state index contributed by atoms with van der Waals surface area (Å²) in [6.45, 7) is 1.69. The lowest BCUT2D eigenvalue weighted by molar-refractivity contribution is -0.113. The number of hydrogen-bond donors (Lipinski definition) is 0. The Bertz CT molecular complexity index is 345. The zero-order valence-corrected chi connectivity index (χ0v) is 8.01. The molecular formula is C11H9ClO. The molecular weight excluding hydrogens is 184 g/mol. The van der Waals surface area contributed by atoms with E-state index in [1.54, 1.807) is 6.92 Å². The van der Waals surface area contributed by atoms with Crippen LogP contribution in [0.1, 0.15) is 12.5 Å². The first-order valence-corrected chi connectivity index (χ1v) is 4.34. The summed E-state index contributed by atoms with van der Waals surface area (Å²) in [7, 11) is 0. The first-order chi connectivity index (χ1) is 6.20. The largest absolute Gasteiger partial charge is 0.280 e. The van der Waals surface area contributed by atoms with Crippen molar-refractivity contribution in [1.82, 2.24) is 0 Å². The molecule has 0 aliphatic carbocycles. The van der Waals surface area contributed by atoms with Crippen LogP contribution in [0.2, 0.25) is 0 Å². The Morgan fingerprint density at radius 1 is 1.38 bits per heavy atom. The minimum atomic E-state index is -0.413. The lowest BCUT2D eigenvalue weighted by Gasteiger charge is -1.92. The Labute approximate surface area is 82.7 Å². The normalized spacial score (nSPS) is 11.2. The van der Waals surface area contributed by atoms with Crippen LogP contribution in [0.4, 0.5) is 0 Å². The third-order valence-corrected chi connectivity index (χ3v) is 1.87. The van der Waals surface area contributed by atoms with E-state index in [2.05, 4.69) is 11.8 Å². The molecule has 1 rings (SSSR count). The molecule has 66 valence electrons. The highest BCUT2D eigenvalue weighted by Gasteiger charge is 2.03. The van der Waals surface area contributed by atoms with Gasteiger partial charge in [-0.2, -0.15) is 0 Å². The van der Waals surface area contributed by atoms with Crippen molar-refractivity contribution in [3.05, 3.63) is 35.9 Å². The van der Waals surface area contributed by atoms with Gasteiger partial charge in [-0.05, 0) is 30.7 Å². The van der Waals surface area contributed by atoms with Crippen molar-refractivity contribution in [2.75, 3.05) is 0 Å². The summed E-state index contributed by atoms with van der Waals surface area (Å²) in [5, 5.41) is -0.413. The summed E-state index contributed by atoms with van der Waals surface area (Å²) in [6, 6.07) is 9.49. The molecule has 1 aromatic rings. The van der Waals surface area contributed by atoms with Crippen molar-refractivity contribution in [3.63, 3.8) is 0 Å². The standard InChI is InChI=1S/C11H9ClO/c1-9(11(12)13)7-8-10-5-3-2-4-6-10/h2-6,9H,1H3. The maximum atomic E-state index is 10.6. The van der Waals surface area contributed by atoms with E-state index in [-0.39, 0.29) is 0 Å². The SMILES string of the molecule is CC(C#Cc1ccccc1)C(=O)Cl. The highest BCUT2D eigenvalue weighted by Crippen LogP contribution is 2.00. The summed E-state index contributed by atoms with van der Waals surface area (Å²) >= 11 is 5.25. The predicted molar refractivity (Wildman–Crippen MR) is 53.3 cm³/mol. The van der Waals surface area contributed by atoms with Gasteiger partial charge in [-0.25, -0.2) is 0 Å². The zero-order valence-electron chi connectivity index (χ0n) is 7.25. The van der Waals surface area contributed by atoms with Crippen LogP contribution in [-0.4, -0.2) is 5.24 Å². The van der Waals surface area contributed by atoms with Gasteiger partial charge in [0.2, 0.25) is 5.24 Å². The smallest absolute Gasteiger partial charge is 0.236 e. The molecule has 2 heteroatoms. The molecule has 0 saturated carbocycles. The number of hydrogen-bond acceptors (Lipinski definition) is 1. The Morgan fingerprint density at radius 2 is 2.00 bits per heavy atom. The highest BCUT2D eigenvalue weighted by molar-refractivity contribution is 6.64. The molecule has 1 nitrogen and oxygen atoms in total. The maximum Gasteiger partial charge on any atom is 0.236 e. The quantitative estimate of drug-likeness (QED) is 0.494. The average molecular weight is 193 g/mol. The van der Waals surface area contributed by atoms with Gasteiger partial charge >= 0.3 is 0 Å². The Hall–Kier alpha value is -1.26. The van der Waals surface area contributed by atoms with E-state index >= 15 is 0 Å². The predicted octanol–water partition coefficient (Wildman–Crippen LogP) is 2.44. The first kappa shape index (κ1) is 9.83. The van der Waals surface area contributed by atoms with Gasteiger partial charge in [0.1, 0.15) is 0 Å². The van der Waals surface area contributed by atoms with Crippen molar-refractivity contribution in [3.8, 4) is 11.8 Å². The van der Waals surface area contributed by atoms with E-state index in [9.17, 15) is 4.79 Å². The number of carbonyl (C=O) groups excluding carboxylic acids is 1. The van der Waals surface area contributed by atoms with Gasteiger partial charge in [-0.15, -0.1) is 0 Å². The van der Waals surface area contributed by atoms with Crippen LogP contribution in [0, 0.1) is 17.8 Å². The van der Waals surface area contributed by atoms with Crippen LogP contribution in [0.3, 0.4) is 0 Å². The van der Waals surface area contributed by atoms with Gasteiger partial charge in [-0.3, -0.25) is 4.79 Å². The van der Waals surface area contributed by atoms with Gasteiger partial charge in [0, 0.05) is 5.56 Å². The van der Waals surface area contributed by atoms with Crippen molar-refractivity contribution in [2.45, 2.75) is 6.92 Å². The van der Waals surface area contributed by atoms with Gasteiger partial charge in [0.25, 0.3) is 0 Å². The molecule has 0 saturated heterocycles. The highest BCUT2D eigenvalue weighted by atomic mass is 35.5. The first-order valence-electron chi connectivity index (χ1n) is 3.96. The lowest BCUT2D eigenvalue weighted by atomic mass is 10.2. The molecule has 1 unspecified atom stereocenters. The fourth-order valence-electron chi connectivity index (χ4n) is 0.770. The molecule has 0 heterocycles. The van der Waals surface area contributed by atoms with Crippen LogP contribution in [0.5, 0.6) is 0 Å². The second kappa shape index (κ2) is 4.69. The Balaban J connectivity index is 2.73.